The molecule has 29 heavy (non-hydrogen) atoms. The smallest absolute Gasteiger partial charge is 0.253 e. The van der Waals surface area contributed by atoms with Crippen LogP contribution in [0.25, 0.3) is 11.5 Å². The Bertz CT molecular complexity index is 1080. The van der Waals surface area contributed by atoms with E-state index < -0.39 is 0 Å². The zero-order valence-corrected chi connectivity index (χ0v) is 16.9. The van der Waals surface area contributed by atoms with Gasteiger partial charge in [0.15, 0.2) is 0 Å². The minimum Gasteiger partial charge on any atom is -0.420 e. The molecular weight excluding hydrogens is 370 g/mol. The zero-order valence-electron chi connectivity index (χ0n) is 16.9. The average Bonchev–Trinajstić information content (AvgIpc) is 3.15. The minimum absolute atomic E-state index is 0.0387. The summed E-state index contributed by atoms with van der Waals surface area (Å²) in [7, 11) is 1.81. The summed E-state index contributed by atoms with van der Waals surface area (Å²) in [5, 5.41) is 11.3. The second kappa shape index (κ2) is 6.84. The summed E-state index contributed by atoms with van der Waals surface area (Å²) < 4.78 is 5.72. The van der Waals surface area contributed by atoms with E-state index in [0.29, 0.717) is 23.9 Å². The molecule has 0 fully saturated rings. The number of anilines is 3. The maximum absolute atomic E-state index is 12.2. The first-order valence-corrected chi connectivity index (χ1v) is 9.34. The van der Waals surface area contributed by atoms with E-state index >= 15 is 0 Å². The number of hydrogen-bond donors (Lipinski definition) is 2. The standard InChI is InChI=1S/C20H23N7O2/c1-20(2,3)18-26-25-16(29-18)14-10-22-19(24-15(14)21)23-12-5-6-13-11(9-12)7-8-27(4)17(13)28/h5-6,9-10H,7-8H2,1-4H3,(H3,21,22,23,24). The van der Waals surface area contributed by atoms with E-state index in [0.717, 1.165) is 23.2 Å². The van der Waals surface area contributed by atoms with Crippen LogP contribution in [-0.4, -0.2) is 44.6 Å². The van der Waals surface area contributed by atoms with Crippen LogP contribution in [0.5, 0.6) is 0 Å². The Labute approximate surface area is 168 Å². The van der Waals surface area contributed by atoms with Crippen LogP contribution in [-0.2, 0) is 11.8 Å². The van der Waals surface area contributed by atoms with Crippen LogP contribution in [0, 0.1) is 0 Å². The molecule has 3 aromatic rings. The number of carbonyl (C=O) groups excluding carboxylic acids is 1. The van der Waals surface area contributed by atoms with Crippen molar-refractivity contribution >= 4 is 23.4 Å². The number of nitrogen functional groups attached to an aromatic ring is 1. The van der Waals surface area contributed by atoms with Crippen molar-refractivity contribution in [2.24, 2.45) is 0 Å². The van der Waals surface area contributed by atoms with Gasteiger partial charge >= 0.3 is 0 Å². The highest BCUT2D eigenvalue weighted by Gasteiger charge is 2.24. The summed E-state index contributed by atoms with van der Waals surface area (Å²) in [6.07, 6.45) is 2.36. The van der Waals surface area contributed by atoms with Crippen molar-refractivity contribution in [2.75, 3.05) is 24.6 Å². The Morgan fingerprint density at radius 2 is 2.00 bits per heavy atom. The summed E-state index contributed by atoms with van der Waals surface area (Å²) >= 11 is 0. The fourth-order valence-corrected chi connectivity index (χ4v) is 3.07. The fraction of sp³-hybridized carbons (Fsp3) is 0.350. The molecule has 0 unspecified atom stereocenters. The fourth-order valence-electron chi connectivity index (χ4n) is 3.07. The number of carbonyl (C=O) groups is 1. The molecule has 1 aliphatic rings. The highest BCUT2D eigenvalue weighted by Crippen LogP contribution is 2.29. The van der Waals surface area contributed by atoms with Crippen LogP contribution >= 0.6 is 0 Å². The lowest BCUT2D eigenvalue weighted by Crippen LogP contribution is -2.34. The van der Waals surface area contributed by atoms with E-state index in [4.69, 9.17) is 10.2 Å². The van der Waals surface area contributed by atoms with Gasteiger partial charge in [0.1, 0.15) is 5.82 Å². The molecule has 0 saturated heterocycles. The molecule has 2 aromatic heterocycles. The van der Waals surface area contributed by atoms with Crippen LogP contribution in [0.2, 0.25) is 0 Å². The van der Waals surface area contributed by atoms with Crippen LogP contribution in [0.4, 0.5) is 17.5 Å². The highest BCUT2D eigenvalue weighted by atomic mass is 16.4. The first kappa shape index (κ1) is 18.9. The SMILES string of the molecule is CN1CCc2cc(Nc3ncc(-c4nnc(C(C)(C)C)o4)c(N)n3)ccc2C1=O. The maximum atomic E-state index is 12.2. The van der Waals surface area contributed by atoms with Crippen molar-refractivity contribution in [3.05, 3.63) is 41.4 Å². The summed E-state index contributed by atoms with van der Waals surface area (Å²) in [6.45, 7) is 6.66. The van der Waals surface area contributed by atoms with Gasteiger partial charge < -0.3 is 20.4 Å². The van der Waals surface area contributed by atoms with E-state index in [-0.39, 0.29) is 23.0 Å². The van der Waals surface area contributed by atoms with Gasteiger partial charge in [0.05, 0.1) is 5.56 Å². The average molecular weight is 393 g/mol. The monoisotopic (exact) mass is 393 g/mol. The van der Waals surface area contributed by atoms with Gasteiger partial charge in [0, 0.05) is 36.5 Å². The number of nitrogens with zero attached hydrogens (tertiary/aromatic N) is 5. The number of nitrogens with one attached hydrogen (secondary N) is 1. The third-order valence-electron chi connectivity index (χ3n) is 4.77. The van der Waals surface area contributed by atoms with Crippen molar-refractivity contribution in [1.29, 1.82) is 0 Å². The van der Waals surface area contributed by atoms with Crippen molar-refractivity contribution in [3.8, 4) is 11.5 Å². The molecule has 3 heterocycles. The van der Waals surface area contributed by atoms with Crippen molar-refractivity contribution < 1.29 is 9.21 Å². The van der Waals surface area contributed by atoms with Crippen LogP contribution in [0.15, 0.2) is 28.8 Å². The summed E-state index contributed by atoms with van der Waals surface area (Å²) in [4.78, 5) is 22.6. The molecule has 0 bridgehead atoms. The summed E-state index contributed by atoms with van der Waals surface area (Å²) in [5.41, 5.74) is 8.85. The Balaban J connectivity index is 1.56. The summed E-state index contributed by atoms with van der Waals surface area (Å²) in [6, 6.07) is 5.60. The predicted molar refractivity (Wildman–Crippen MR) is 109 cm³/mol. The van der Waals surface area contributed by atoms with Gasteiger partial charge in [-0.15, -0.1) is 10.2 Å². The molecule has 1 amide bonds. The van der Waals surface area contributed by atoms with Gasteiger partial charge in [-0.1, -0.05) is 20.8 Å². The van der Waals surface area contributed by atoms with Gasteiger partial charge in [0.2, 0.25) is 11.8 Å². The van der Waals surface area contributed by atoms with Crippen LogP contribution < -0.4 is 11.1 Å². The van der Waals surface area contributed by atoms with E-state index in [1.54, 1.807) is 11.1 Å². The van der Waals surface area contributed by atoms with E-state index in [2.05, 4.69) is 25.5 Å². The molecule has 0 spiro atoms. The number of amides is 1. The molecule has 0 radical (unpaired) electrons. The molecule has 150 valence electrons. The van der Waals surface area contributed by atoms with E-state index in [9.17, 15) is 4.79 Å². The number of nitrogens with two attached hydrogens (primary N) is 1. The third-order valence-corrected chi connectivity index (χ3v) is 4.77. The molecule has 3 N–H and O–H groups in total. The molecule has 1 aliphatic heterocycles. The molecule has 9 nitrogen and oxygen atoms in total. The number of benzene rings is 1. The van der Waals surface area contributed by atoms with Gasteiger partial charge in [-0.3, -0.25) is 4.79 Å². The first-order chi connectivity index (χ1) is 13.7. The first-order valence-electron chi connectivity index (χ1n) is 9.34. The lowest BCUT2D eigenvalue weighted by Gasteiger charge is -2.25. The third kappa shape index (κ3) is 3.63. The number of likely N-dealkylation sites (N-methyl/N-ethyl adjacent to an activating group) is 1. The van der Waals surface area contributed by atoms with Gasteiger partial charge in [-0.25, -0.2) is 4.98 Å². The van der Waals surface area contributed by atoms with E-state index in [1.807, 2.05) is 46.0 Å². The second-order valence-corrected chi connectivity index (χ2v) is 8.13. The van der Waals surface area contributed by atoms with Crippen molar-refractivity contribution in [3.63, 3.8) is 0 Å². The van der Waals surface area contributed by atoms with Crippen molar-refractivity contribution in [2.45, 2.75) is 32.6 Å². The Morgan fingerprint density at radius 3 is 2.69 bits per heavy atom. The van der Waals surface area contributed by atoms with Gasteiger partial charge in [-0.2, -0.15) is 4.98 Å². The van der Waals surface area contributed by atoms with Gasteiger partial charge in [0.25, 0.3) is 11.8 Å². The number of rotatable bonds is 3. The lowest BCUT2D eigenvalue weighted by atomic mass is 9.97. The normalized spacial score (nSPS) is 14.1. The minimum atomic E-state index is -0.259. The number of hydrogen-bond acceptors (Lipinski definition) is 8. The van der Waals surface area contributed by atoms with E-state index in [1.165, 1.54) is 0 Å². The molecule has 4 rings (SSSR count). The zero-order chi connectivity index (χ0) is 20.8. The topological polar surface area (TPSA) is 123 Å². The van der Waals surface area contributed by atoms with Crippen LogP contribution in [0.3, 0.4) is 0 Å². The maximum Gasteiger partial charge on any atom is 0.253 e. The highest BCUT2D eigenvalue weighted by molar-refractivity contribution is 5.97. The molecule has 1 aromatic carbocycles. The van der Waals surface area contributed by atoms with Gasteiger partial charge in [-0.05, 0) is 30.2 Å². The van der Waals surface area contributed by atoms with Crippen molar-refractivity contribution in [1.82, 2.24) is 25.1 Å². The largest absolute Gasteiger partial charge is 0.420 e. The Hall–Kier alpha value is -3.49. The quantitative estimate of drug-likeness (QED) is 0.696. The second-order valence-electron chi connectivity index (χ2n) is 8.13. The molecule has 9 heteroatoms. The molecule has 0 atom stereocenters. The number of aromatic nitrogens is 4. The number of fused-ring (bicyclic) bond motifs is 1. The molecule has 0 saturated carbocycles. The predicted octanol–water partition coefficient (Wildman–Crippen LogP) is 2.78. The summed E-state index contributed by atoms with van der Waals surface area (Å²) in [5.74, 6) is 1.43. The Morgan fingerprint density at radius 1 is 1.21 bits per heavy atom. The molecule has 0 aliphatic carbocycles. The molecular formula is C20H23N7O2. The lowest BCUT2D eigenvalue weighted by molar-refractivity contribution is 0.0781. The van der Waals surface area contributed by atoms with Crippen LogP contribution in [0.1, 0.15) is 42.6 Å². The Kier molecular flexibility index (Phi) is 4.45.